The first kappa shape index (κ1) is 27.3. The Morgan fingerprint density at radius 1 is 1.18 bits per heavy atom. The molecular formula is C31H38N2O6. The molecule has 39 heavy (non-hydrogen) atoms. The second-order valence-corrected chi connectivity index (χ2v) is 10.8. The Kier molecular flexibility index (Phi) is 7.53. The van der Waals surface area contributed by atoms with E-state index < -0.39 is 35.0 Å². The van der Waals surface area contributed by atoms with Crippen molar-refractivity contribution < 1.29 is 29.0 Å². The van der Waals surface area contributed by atoms with E-state index >= 15 is 0 Å². The number of likely N-dealkylation sites (tertiary alicyclic amines) is 1. The molecule has 2 unspecified atom stereocenters. The fourth-order valence-corrected chi connectivity index (χ4v) is 7.17. The number of hydrogen-bond acceptors (Lipinski definition) is 6. The molecule has 1 N–H and O–H groups in total. The molecule has 5 rings (SSSR count). The fraction of sp³-hybridized carbons (Fsp3) is 0.516. The van der Waals surface area contributed by atoms with Crippen molar-refractivity contribution in [1.82, 2.24) is 4.90 Å². The minimum atomic E-state index is -1.11. The van der Waals surface area contributed by atoms with E-state index in [1.807, 2.05) is 49.4 Å². The molecule has 0 radical (unpaired) electrons. The molecule has 3 saturated heterocycles. The topological polar surface area (TPSA) is 96.4 Å². The molecule has 3 heterocycles. The number of ether oxygens (including phenoxy) is 2. The van der Waals surface area contributed by atoms with Crippen LogP contribution in [0, 0.1) is 11.8 Å². The second-order valence-electron chi connectivity index (χ2n) is 10.8. The number of aliphatic hydroxyl groups is 1. The summed E-state index contributed by atoms with van der Waals surface area (Å²) in [5, 5.41) is 11.5. The molecule has 2 amide bonds. The molecule has 208 valence electrons. The van der Waals surface area contributed by atoms with Gasteiger partial charge in [-0.15, -0.1) is 6.58 Å². The number of esters is 1. The summed E-state index contributed by atoms with van der Waals surface area (Å²) in [6.07, 6.45) is 4.37. The van der Waals surface area contributed by atoms with Crippen molar-refractivity contribution in [2.75, 3.05) is 31.2 Å². The zero-order valence-corrected chi connectivity index (χ0v) is 22.8. The summed E-state index contributed by atoms with van der Waals surface area (Å²) in [4.78, 5) is 45.3. The maximum Gasteiger partial charge on any atom is 0.312 e. The van der Waals surface area contributed by atoms with Crippen molar-refractivity contribution in [3.8, 4) is 0 Å². The molecule has 8 nitrogen and oxygen atoms in total. The van der Waals surface area contributed by atoms with Crippen LogP contribution >= 0.6 is 0 Å². The quantitative estimate of drug-likeness (QED) is 0.267. The van der Waals surface area contributed by atoms with Gasteiger partial charge in [-0.3, -0.25) is 14.4 Å². The maximum atomic E-state index is 14.6. The highest BCUT2D eigenvalue weighted by Crippen LogP contribution is 2.64. The van der Waals surface area contributed by atoms with Gasteiger partial charge in [0.25, 0.3) is 5.91 Å². The van der Waals surface area contributed by atoms with E-state index in [0.29, 0.717) is 44.3 Å². The van der Waals surface area contributed by atoms with Crippen LogP contribution in [0.1, 0.15) is 46.0 Å². The predicted octanol–water partition coefficient (Wildman–Crippen LogP) is 3.85. The molecule has 3 fully saturated rings. The first-order chi connectivity index (χ1) is 18.9. The zero-order chi connectivity index (χ0) is 27.8. The lowest BCUT2D eigenvalue weighted by Crippen LogP contribution is -2.56. The third-order valence-corrected chi connectivity index (χ3v) is 8.88. The summed E-state index contributed by atoms with van der Waals surface area (Å²) in [6, 6.07) is 12.9. The Balaban J connectivity index is 1.59. The minimum absolute atomic E-state index is 0.00418. The SMILES string of the molecule is C=CCN(C(=O)C1N(CCCCO)C(=O)[C@@H]2[C@H](C(=O)OCC)[C@]3(CC)CCC12O3)c1ccc2ccccc2c1. The van der Waals surface area contributed by atoms with Crippen LogP contribution in [0.4, 0.5) is 5.69 Å². The van der Waals surface area contributed by atoms with Gasteiger partial charge in [0.1, 0.15) is 17.6 Å². The Morgan fingerprint density at radius 2 is 1.95 bits per heavy atom. The van der Waals surface area contributed by atoms with Gasteiger partial charge in [-0.05, 0) is 61.9 Å². The number of benzene rings is 2. The molecule has 5 atom stereocenters. The Morgan fingerprint density at radius 3 is 2.64 bits per heavy atom. The van der Waals surface area contributed by atoms with Gasteiger partial charge >= 0.3 is 5.97 Å². The van der Waals surface area contributed by atoms with E-state index in [1.165, 1.54) is 0 Å². The highest BCUT2D eigenvalue weighted by molar-refractivity contribution is 6.05. The molecule has 3 aliphatic rings. The highest BCUT2D eigenvalue weighted by Gasteiger charge is 2.79. The van der Waals surface area contributed by atoms with Crippen molar-refractivity contribution in [3.63, 3.8) is 0 Å². The first-order valence-electron chi connectivity index (χ1n) is 14.1. The predicted molar refractivity (Wildman–Crippen MR) is 148 cm³/mol. The van der Waals surface area contributed by atoms with Crippen LogP contribution in [0.15, 0.2) is 55.1 Å². The van der Waals surface area contributed by atoms with Crippen LogP contribution in [0.5, 0.6) is 0 Å². The maximum absolute atomic E-state index is 14.6. The second kappa shape index (κ2) is 10.7. The summed E-state index contributed by atoms with van der Waals surface area (Å²) in [5.41, 5.74) is -1.23. The molecule has 1 spiro atoms. The normalized spacial score (nSPS) is 29.1. The standard InChI is InChI=1S/C31H38N2O6/c1-4-17-32(23-14-13-21-11-7-8-12-22(21)20-23)28(36)26-31-16-15-30(5-2,39-31)25(29(37)38-6-3)24(31)27(35)33(26)18-9-10-19-34/h4,7-8,11-14,20,24-26,34H,1,5-6,9-10,15-19H2,2-3H3/t24-,25+,26?,30-,31?/m0/s1. The number of carbonyl (C=O) groups is 3. The van der Waals surface area contributed by atoms with E-state index in [-0.39, 0.29) is 31.6 Å². The number of carbonyl (C=O) groups excluding carboxylic acids is 3. The summed E-state index contributed by atoms with van der Waals surface area (Å²) in [7, 11) is 0. The smallest absolute Gasteiger partial charge is 0.312 e. The van der Waals surface area contributed by atoms with Crippen LogP contribution in [0.2, 0.25) is 0 Å². The number of anilines is 1. The number of rotatable bonds is 11. The van der Waals surface area contributed by atoms with Crippen molar-refractivity contribution in [3.05, 3.63) is 55.1 Å². The van der Waals surface area contributed by atoms with Gasteiger partial charge in [0, 0.05) is 25.4 Å². The number of hydrogen-bond donors (Lipinski definition) is 1. The van der Waals surface area contributed by atoms with Gasteiger partial charge in [-0.2, -0.15) is 0 Å². The fourth-order valence-electron chi connectivity index (χ4n) is 7.17. The summed E-state index contributed by atoms with van der Waals surface area (Å²) in [6.45, 7) is 8.36. The van der Waals surface area contributed by atoms with Crippen molar-refractivity contribution >= 4 is 34.2 Å². The largest absolute Gasteiger partial charge is 0.466 e. The first-order valence-corrected chi connectivity index (χ1v) is 14.1. The van der Waals surface area contributed by atoms with Gasteiger partial charge in [0.15, 0.2) is 0 Å². The van der Waals surface area contributed by atoms with Crippen molar-refractivity contribution in [2.45, 2.75) is 63.2 Å². The average molecular weight is 535 g/mol. The number of fused-ring (bicyclic) bond motifs is 2. The van der Waals surface area contributed by atoms with Crippen LogP contribution < -0.4 is 4.90 Å². The molecule has 3 aliphatic heterocycles. The van der Waals surface area contributed by atoms with Gasteiger partial charge in [0.05, 0.1) is 18.1 Å². The van der Waals surface area contributed by atoms with E-state index in [9.17, 15) is 19.5 Å². The lowest BCUT2D eigenvalue weighted by Gasteiger charge is -2.37. The Bertz CT molecular complexity index is 1280. The van der Waals surface area contributed by atoms with E-state index in [4.69, 9.17) is 9.47 Å². The van der Waals surface area contributed by atoms with Gasteiger partial charge < -0.3 is 24.4 Å². The summed E-state index contributed by atoms with van der Waals surface area (Å²) >= 11 is 0. The number of aliphatic hydroxyl groups excluding tert-OH is 1. The summed E-state index contributed by atoms with van der Waals surface area (Å²) in [5.74, 6) is -2.45. The van der Waals surface area contributed by atoms with Crippen LogP contribution in [0.25, 0.3) is 10.8 Å². The lowest BCUT2D eigenvalue weighted by atomic mass is 9.65. The van der Waals surface area contributed by atoms with Gasteiger partial charge in [-0.1, -0.05) is 43.3 Å². The molecule has 2 bridgehead atoms. The minimum Gasteiger partial charge on any atom is -0.466 e. The van der Waals surface area contributed by atoms with Crippen molar-refractivity contribution in [1.29, 1.82) is 0 Å². The average Bonchev–Trinajstić information content (AvgIpc) is 3.55. The highest BCUT2D eigenvalue weighted by atomic mass is 16.6. The third kappa shape index (κ3) is 4.25. The van der Waals surface area contributed by atoms with E-state index in [2.05, 4.69) is 6.58 Å². The van der Waals surface area contributed by atoms with Crippen LogP contribution in [0.3, 0.4) is 0 Å². The molecule has 2 aromatic carbocycles. The molecular weight excluding hydrogens is 496 g/mol. The number of unbranched alkanes of at least 4 members (excludes halogenated alkanes) is 1. The van der Waals surface area contributed by atoms with Gasteiger partial charge in [-0.25, -0.2) is 0 Å². The van der Waals surface area contributed by atoms with Crippen LogP contribution in [-0.4, -0.2) is 71.3 Å². The molecule has 0 aliphatic carbocycles. The van der Waals surface area contributed by atoms with Crippen molar-refractivity contribution in [2.24, 2.45) is 11.8 Å². The lowest BCUT2D eigenvalue weighted by molar-refractivity contribution is -0.160. The van der Waals surface area contributed by atoms with Crippen LogP contribution in [-0.2, 0) is 23.9 Å². The Hall–Kier alpha value is -3.23. The monoisotopic (exact) mass is 534 g/mol. The summed E-state index contributed by atoms with van der Waals surface area (Å²) < 4.78 is 12.2. The number of nitrogens with zero attached hydrogens (tertiary/aromatic N) is 2. The van der Waals surface area contributed by atoms with E-state index in [0.717, 1.165) is 10.8 Å². The third-order valence-electron chi connectivity index (χ3n) is 8.88. The zero-order valence-electron chi connectivity index (χ0n) is 22.8. The van der Waals surface area contributed by atoms with E-state index in [1.54, 1.807) is 22.8 Å². The van der Waals surface area contributed by atoms with Gasteiger partial charge in [0.2, 0.25) is 5.91 Å². The molecule has 0 aromatic heterocycles. The molecule has 8 heteroatoms. The Labute approximate surface area is 229 Å². The molecule has 0 saturated carbocycles. The molecule has 2 aromatic rings. The number of amides is 2.